The van der Waals surface area contributed by atoms with Crippen molar-refractivity contribution < 1.29 is 29.0 Å². The van der Waals surface area contributed by atoms with Crippen molar-refractivity contribution in [1.29, 1.82) is 0 Å². The van der Waals surface area contributed by atoms with E-state index in [0.29, 0.717) is 88.7 Å². The molecule has 3 N–H and O–H groups in total. The van der Waals surface area contributed by atoms with E-state index < -0.39 is 17.7 Å². The highest BCUT2D eigenvalue weighted by Crippen LogP contribution is 2.32. The summed E-state index contributed by atoms with van der Waals surface area (Å²) in [5.41, 5.74) is 12.0. The van der Waals surface area contributed by atoms with Crippen LogP contribution < -0.4 is 21.7 Å². The number of hydrogen-bond donors (Lipinski definition) is 2. The number of carbonyl (C=O) groups excluding carboxylic acids is 4. The summed E-state index contributed by atoms with van der Waals surface area (Å²) in [5, 5.41) is 18.4. The number of aromatic nitrogens is 8. The summed E-state index contributed by atoms with van der Waals surface area (Å²) >= 11 is 0. The second kappa shape index (κ2) is 17.0. The molecule has 2 aromatic carbocycles. The van der Waals surface area contributed by atoms with Crippen LogP contribution >= 0.6 is 0 Å². The van der Waals surface area contributed by atoms with Crippen molar-refractivity contribution in [3.8, 4) is 5.75 Å². The van der Waals surface area contributed by atoms with Gasteiger partial charge in [0.05, 0.1) is 34.5 Å². The Kier molecular flexibility index (Phi) is 12.1. The van der Waals surface area contributed by atoms with E-state index in [9.17, 15) is 24.3 Å². The zero-order valence-corrected chi connectivity index (χ0v) is 34.3. The van der Waals surface area contributed by atoms with E-state index in [1.165, 1.54) is 0 Å². The number of primary amides is 1. The van der Waals surface area contributed by atoms with Gasteiger partial charge in [-0.1, -0.05) is 0 Å². The van der Waals surface area contributed by atoms with Crippen molar-refractivity contribution in [3.05, 3.63) is 87.6 Å². The molecule has 4 heterocycles. The number of hydrogen-bond acceptors (Lipinski definition) is 8. The van der Waals surface area contributed by atoms with Crippen LogP contribution in [0.5, 0.6) is 5.75 Å². The molecule has 0 saturated heterocycles. The van der Waals surface area contributed by atoms with E-state index in [-0.39, 0.29) is 30.9 Å². The normalized spacial score (nSPS) is 13.5. The van der Waals surface area contributed by atoms with Gasteiger partial charge >= 0.3 is 0 Å². The van der Waals surface area contributed by atoms with Crippen LogP contribution in [0.4, 0.5) is 0 Å². The van der Waals surface area contributed by atoms with Gasteiger partial charge in [-0.05, 0) is 96.8 Å². The molecule has 58 heavy (non-hydrogen) atoms. The molecule has 6 aromatic rings. The SMILES string of the molecule is CCn1nc(C)cc1C(=O)/N=c1\n(C)c2cc(C=O)ccc2n1C(C)CCC(C)n1/c(=N/C(=O)c2cc(C)nn2CC)n(C)c2cc(C(N)=O)cc(OCCCO)c21. The lowest BCUT2D eigenvalue weighted by Crippen LogP contribution is -2.30. The largest absolute Gasteiger partial charge is 0.491 e. The van der Waals surface area contributed by atoms with Crippen LogP contribution in [0, 0.1) is 13.8 Å². The lowest BCUT2D eigenvalue weighted by Gasteiger charge is -2.21. The number of fused-ring (bicyclic) bond motifs is 2. The molecule has 4 aromatic heterocycles. The zero-order chi connectivity index (χ0) is 42.0. The highest BCUT2D eigenvalue weighted by atomic mass is 16.5. The van der Waals surface area contributed by atoms with E-state index in [4.69, 9.17) is 10.5 Å². The smallest absolute Gasteiger partial charge is 0.298 e. The van der Waals surface area contributed by atoms with Gasteiger partial charge in [0.2, 0.25) is 17.1 Å². The maximum Gasteiger partial charge on any atom is 0.298 e. The van der Waals surface area contributed by atoms with Crippen molar-refractivity contribution in [3.63, 3.8) is 0 Å². The number of nitrogens with zero attached hydrogens (tertiary/aromatic N) is 10. The number of aliphatic hydroxyl groups excluding tert-OH is 1. The maximum absolute atomic E-state index is 13.9. The van der Waals surface area contributed by atoms with Gasteiger partial charge in [-0.2, -0.15) is 20.2 Å². The summed E-state index contributed by atoms with van der Waals surface area (Å²) in [5.74, 6) is -1.22. The minimum Gasteiger partial charge on any atom is -0.491 e. The van der Waals surface area contributed by atoms with Crippen LogP contribution in [0.2, 0.25) is 0 Å². The standard InChI is InChI=1S/C41H51N11O6/c1-9-49-33(18-24(3)45-49)38(56)43-40-47(7)31-20-28(23-54)14-15-30(31)51(40)26(5)12-13-27(6)52-36-32(21-29(37(42)55)22-35(36)58-17-11-16-53)48(8)41(52)44-39(57)34-19-25(4)46-50(34)10-2/h14-15,18-23,26-27,53H,9-13,16-17H2,1-8H3,(H2,42,55)/b43-40+,44-41+. The molecule has 17 heteroatoms. The first-order chi connectivity index (χ1) is 27.7. The van der Waals surface area contributed by atoms with E-state index >= 15 is 0 Å². The molecule has 0 aliphatic rings. The lowest BCUT2D eigenvalue weighted by atomic mass is 10.1. The Morgan fingerprint density at radius 2 is 1.36 bits per heavy atom. The molecule has 0 spiro atoms. The Bertz CT molecular complexity index is 2700. The number of aryl methyl sites for hydroxylation is 6. The van der Waals surface area contributed by atoms with Gasteiger partial charge in [0.15, 0.2) is 0 Å². The molecule has 306 valence electrons. The van der Waals surface area contributed by atoms with Crippen LogP contribution in [0.3, 0.4) is 0 Å². The van der Waals surface area contributed by atoms with Gasteiger partial charge in [-0.25, -0.2) is 0 Å². The third-order valence-electron chi connectivity index (χ3n) is 10.4. The number of amides is 3. The first kappa shape index (κ1) is 41.3. The number of nitrogens with two attached hydrogens (primary N) is 1. The molecular formula is C41H51N11O6. The molecule has 0 fully saturated rings. The highest BCUT2D eigenvalue weighted by Gasteiger charge is 2.25. The molecule has 6 rings (SSSR count). The van der Waals surface area contributed by atoms with E-state index in [1.807, 2.05) is 68.4 Å². The van der Waals surface area contributed by atoms with E-state index in [0.717, 1.165) is 17.3 Å². The molecule has 2 unspecified atom stereocenters. The number of imidazole rings is 2. The van der Waals surface area contributed by atoms with Gasteiger partial charge in [0.25, 0.3) is 11.8 Å². The van der Waals surface area contributed by atoms with Gasteiger partial charge in [0.1, 0.15) is 28.9 Å². The molecular weight excluding hydrogens is 743 g/mol. The summed E-state index contributed by atoms with van der Waals surface area (Å²) in [4.78, 5) is 61.3. The van der Waals surface area contributed by atoms with E-state index in [2.05, 4.69) is 20.2 Å². The molecule has 0 radical (unpaired) electrons. The summed E-state index contributed by atoms with van der Waals surface area (Å²) < 4.78 is 16.9. The molecule has 0 bridgehead atoms. The predicted molar refractivity (Wildman–Crippen MR) is 217 cm³/mol. The Hall–Kier alpha value is -6.36. The Morgan fingerprint density at radius 3 is 1.90 bits per heavy atom. The fourth-order valence-electron chi connectivity index (χ4n) is 7.49. The topological polar surface area (TPSA) is 204 Å². The minimum atomic E-state index is -0.651. The van der Waals surface area contributed by atoms with Crippen LogP contribution in [-0.2, 0) is 27.2 Å². The Labute approximate surface area is 334 Å². The number of carbonyl (C=O) groups is 4. The van der Waals surface area contributed by atoms with Crippen LogP contribution in [0.25, 0.3) is 22.1 Å². The van der Waals surface area contributed by atoms with Crippen LogP contribution in [0.15, 0.2) is 52.4 Å². The van der Waals surface area contributed by atoms with Gasteiger partial charge < -0.3 is 33.8 Å². The Balaban J connectivity index is 1.48. The van der Waals surface area contributed by atoms with Crippen LogP contribution in [0.1, 0.15) is 112 Å². The summed E-state index contributed by atoms with van der Waals surface area (Å²) in [7, 11) is 3.58. The average molecular weight is 794 g/mol. The minimum absolute atomic E-state index is 0.0919. The Morgan fingerprint density at radius 1 is 0.810 bits per heavy atom. The summed E-state index contributed by atoms with van der Waals surface area (Å²) in [6.07, 6.45) is 2.26. The number of benzene rings is 2. The second-order valence-electron chi connectivity index (χ2n) is 14.5. The maximum atomic E-state index is 13.9. The van der Waals surface area contributed by atoms with Gasteiger partial charge in [-0.3, -0.25) is 28.5 Å². The monoisotopic (exact) mass is 793 g/mol. The first-order valence-electron chi connectivity index (χ1n) is 19.4. The van der Waals surface area contributed by atoms with Gasteiger partial charge in [-0.15, -0.1) is 0 Å². The molecule has 2 atom stereocenters. The fraction of sp³-hybridized carbons (Fsp3) is 0.415. The molecule has 0 aliphatic carbocycles. The van der Waals surface area contributed by atoms with Crippen molar-refractivity contribution in [2.75, 3.05) is 13.2 Å². The first-order valence-corrected chi connectivity index (χ1v) is 19.4. The average Bonchev–Trinajstić information content (AvgIpc) is 3.94. The quantitative estimate of drug-likeness (QED) is 0.114. The van der Waals surface area contributed by atoms with Crippen molar-refractivity contribution in [1.82, 2.24) is 37.8 Å². The number of rotatable bonds is 15. The predicted octanol–water partition coefficient (Wildman–Crippen LogP) is 4.08. The third-order valence-corrected chi connectivity index (χ3v) is 10.4. The van der Waals surface area contributed by atoms with E-state index in [1.54, 1.807) is 57.4 Å². The molecule has 0 aliphatic heterocycles. The number of ether oxygens (including phenoxy) is 1. The summed E-state index contributed by atoms with van der Waals surface area (Å²) in [6.45, 7) is 12.6. The number of aldehydes is 1. The van der Waals surface area contributed by atoms with Crippen LogP contribution in [-0.4, -0.2) is 80.2 Å². The molecule has 0 saturated carbocycles. The van der Waals surface area contributed by atoms with Gasteiger partial charge in [0, 0.05) is 63.4 Å². The van der Waals surface area contributed by atoms with Crippen molar-refractivity contribution in [2.24, 2.45) is 29.8 Å². The highest BCUT2D eigenvalue weighted by molar-refractivity contribution is 5.99. The summed E-state index contributed by atoms with van der Waals surface area (Å²) in [6, 6.07) is 11.5. The van der Waals surface area contributed by atoms with Crippen molar-refractivity contribution >= 4 is 46.1 Å². The third kappa shape index (κ3) is 7.81. The number of aliphatic hydroxyl groups is 1. The fourth-order valence-corrected chi connectivity index (χ4v) is 7.49. The molecule has 3 amide bonds. The molecule has 17 nitrogen and oxygen atoms in total. The second-order valence-corrected chi connectivity index (χ2v) is 14.5. The zero-order valence-electron chi connectivity index (χ0n) is 34.3. The lowest BCUT2D eigenvalue weighted by molar-refractivity contribution is 0.0977. The van der Waals surface area contributed by atoms with Crippen molar-refractivity contribution in [2.45, 2.75) is 86.0 Å².